The molecule has 1 aromatic carbocycles. The number of hydrogen-bond donors (Lipinski definition) is 2. The van der Waals surface area contributed by atoms with E-state index in [1.165, 1.54) is 18.0 Å². The average Bonchev–Trinajstić information content (AvgIpc) is 3.35. The number of rotatable bonds is 9. The molecule has 13 heteroatoms. The Morgan fingerprint density at radius 3 is 2.83 bits per heavy atom. The lowest BCUT2D eigenvalue weighted by Gasteiger charge is -2.09. The topological polar surface area (TPSA) is 165 Å². The Balaban J connectivity index is 1.76. The van der Waals surface area contributed by atoms with Gasteiger partial charge in [0.2, 0.25) is 11.6 Å². The van der Waals surface area contributed by atoms with Crippen LogP contribution in [0, 0.1) is 0 Å². The van der Waals surface area contributed by atoms with Crippen molar-refractivity contribution in [3.05, 3.63) is 35.2 Å². The van der Waals surface area contributed by atoms with Crippen molar-refractivity contribution in [2.45, 2.75) is 13.5 Å². The van der Waals surface area contributed by atoms with Gasteiger partial charge in [0.15, 0.2) is 17.2 Å². The molecule has 0 saturated carbocycles. The number of methoxy groups -OCH3 is 2. The fourth-order valence-corrected chi connectivity index (χ4v) is 2.51. The molecule has 0 aliphatic rings. The molecule has 3 rings (SSSR count). The lowest BCUT2D eigenvalue weighted by molar-refractivity contribution is 0.0944. The largest absolute Gasteiger partial charge is 0.493 e. The molecule has 2 aromatic heterocycles. The van der Waals surface area contributed by atoms with E-state index in [0.717, 1.165) is 0 Å². The second-order valence-electron chi connectivity index (χ2n) is 5.75. The lowest BCUT2D eigenvalue weighted by atomic mass is 10.2. The first kappa shape index (κ1) is 20.7. The van der Waals surface area contributed by atoms with E-state index >= 15 is 0 Å². The van der Waals surface area contributed by atoms with Gasteiger partial charge in [0.25, 0.3) is 5.91 Å². The second-order valence-corrected chi connectivity index (χ2v) is 5.75. The molecule has 3 N–H and O–H groups in total. The van der Waals surface area contributed by atoms with Crippen molar-refractivity contribution in [3.8, 4) is 17.3 Å². The van der Waals surface area contributed by atoms with E-state index in [9.17, 15) is 4.79 Å². The summed E-state index contributed by atoms with van der Waals surface area (Å²) in [6, 6.07) is 5.26. The van der Waals surface area contributed by atoms with Gasteiger partial charge in [-0.1, -0.05) is 5.21 Å². The van der Waals surface area contributed by atoms with Crippen LogP contribution >= 0.6 is 0 Å². The number of hydrogen-bond acceptors (Lipinski definition) is 11. The maximum absolute atomic E-state index is 12.5. The molecule has 0 atom stereocenters. The quantitative estimate of drug-likeness (QED) is 0.371. The summed E-state index contributed by atoms with van der Waals surface area (Å²) in [6.07, 6.45) is 1.45. The van der Waals surface area contributed by atoms with E-state index < -0.39 is 5.91 Å². The predicted octanol–water partition coefficient (Wildman–Crippen LogP) is 0.550. The molecule has 0 aliphatic carbocycles. The van der Waals surface area contributed by atoms with Gasteiger partial charge in [0.05, 0.1) is 26.5 Å². The van der Waals surface area contributed by atoms with Gasteiger partial charge in [-0.05, 0) is 41.0 Å². The van der Waals surface area contributed by atoms with Gasteiger partial charge in [-0.2, -0.15) is 9.78 Å². The third-order valence-electron chi connectivity index (χ3n) is 3.82. The minimum absolute atomic E-state index is 0.00770. The van der Waals surface area contributed by atoms with E-state index in [0.29, 0.717) is 29.4 Å². The highest BCUT2D eigenvalue weighted by molar-refractivity contribution is 5.94. The monoisotopic (exact) mass is 416 g/mol. The van der Waals surface area contributed by atoms with Crippen LogP contribution in [0.4, 0.5) is 5.82 Å². The Labute approximate surface area is 170 Å². The molecule has 0 saturated heterocycles. The molecule has 0 unspecified atom stereocenters. The van der Waals surface area contributed by atoms with Crippen LogP contribution in [0.15, 0.2) is 27.9 Å². The number of nitrogens with two attached hydrogens (primary N) is 1. The molecule has 13 nitrogen and oxygen atoms in total. The van der Waals surface area contributed by atoms with Gasteiger partial charge in [-0.15, -0.1) is 5.10 Å². The minimum atomic E-state index is -0.600. The zero-order chi connectivity index (χ0) is 21.5. The summed E-state index contributed by atoms with van der Waals surface area (Å²) in [5.41, 5.74) is 9.05. The lowest BCUT2D eigenvalue weighted by Crippen LogP contribution is -2.20. The second kappa shape index (κ2) is 9.47. The fourth-order valence-electron chi connectivity index (χ4n) is 2.51. The predicted molar refractivity (Wildman–Crippen MR) is 104 cm³/mol. The van der Waals surface area contributed by atoms with Gasteiger partial charge in [0, 0.05) is 7.11 Å². The Morgan fingerprint density at radius 2 is 2.17 bits per heavy atom. The van der Waals surface area contributed by atoms with Crippen LogP contribution in [0.1, 0.15) is 28.7 Å². The number of nitrogen functional groups attached to an aromatic ring is 1. The molecule has 1 amide bonds. The van der Waals surface area contributed by atoms with Gasteiger partial charge >= 0.3 is 0 Å². The van der Waals surface area contributed by atoms with Crippen molar-refractivity contribution >= 4 is 17.9 Å². The Bertz CT molecular complexity index is 1040. The Hall–Kier alpha value is -4.00. The van der Waals surface area contributed by atoms with Gasteiger partial charge in [-0.25, -0.2) is 10.1 Å². The van der Waals surface area contributed by atoms with Gasteiger partial charge < -0.3 is 19.9 Å². The van der Waals surface area contributed by atoms with E-state index in [-0.39, 0.29) is 23.9 Å². The van der Waals surface area contributed by atoms with E-state index in [1.54, 1.807) is 25.3 Å². The number of carbonyl (C=O) groups excluding carboxylic acids is 1. The smallest absolute Gasteiger partial charge is 0.293 e. The van der Waals surface area contributed by atoms with Crippen molar-refractivity contribution in [2.24, 2.45) is 5.10 Å². The number of nitrogens with zero attached hydrogens (tertiary/aromatic N) is 6. The van der Waals surface area contributed by atoms with E-state index in [1.807, 2.05) is 6.92 Å². The molecule has 3 aromatic rings. The van der Waals surface area contributed by atoms with Crippen LogP contribution < -0.4 is 20.6 Å². The molecule has 0 spiro atoms. The maximum atomic E-state index is 12.5. The van der Waals surface area contributed by atoms with Gasteiger partial charge in [0.1, 0.15) is 5.69 Å². The molecular weight excluding hydrogens is 396 g/mol. The summed E-state index contributed by atoms with van der Waals surface area (Å²) in [7, 11) is 3.00. The summed E-state index contributed by atoms with van der Waals surface area (Å²) >= 11 is 0. The van der Waals surface area contributed by atoms with Crippen LogP contribution in [-0.4, -0.2) is 58.3 Å². The number of carbonyl (C=O) groups is 1. The van der Waals surface area contributed by atoms with Crippen molar-refractivity contribution in [3.63, 3.8) is 0 Å². The Kier molecular flexibility index (Phi) is 6.54. The number of nitrogens with one attached hydrogen (secondary N) is 1. The Morgan fingerprint density at radius 1 is 1.33 bits per heavy atom. The summed E-state index contributed by atoms with van der Waals surface area (Å²) < 4.78 is 21.7. The molecule has 30 heavy (non-hydrogen) atoms. The molecule has 0 fully saturated rings. The highest BCUT2D eigenvalue weighted by atomic mass is 16.6. The third-order valence-corrected chi connectivity index (χ3v) is 3.82. The molecule has 0 aliphatic heterocycles. The van der Waals surface area contributed by atoms with Crippen LogP contribution in [0.3, 0.4) is 0 Å². The highest BCUT2D eigenvalue weighted by Gasteiger charge is 2.23. The molecule has 158 valence electrons. The summed E-state index contributed by atoms with van der Waals surface area (Å²) in [5.74, 6) is 0.655. The zero-order valence-electron chi connectivity index (χ0n) is 16.5. The molecule has 2 heterocycles. The fraction of sp³-hybridized carbons (Fsp3) is 0.294. The first-order valence-electron chi connectivity index (χ1n) is 8.75. The first-order chi connectivity index (χ1) is 14.6. The molecule has 0 radical (unpaired) electrons. The number of amides is 1. The first-order valence-corrected chi connectivity index (χ1v) is 8.75. The minimum Gasteiger partial charge on any atom is -0.493 e. The molecule has 0 bridgehead atoms. The number of ether oxygens (including phenoxy) is 3. The summed E-state index contributed by atoms with van der Waals surface area (Å²) in [5, 5.41) is 18.8. The normalized spacial score (nSPS) is 11.0. The maximum Gasteiger partial charge on any atom is 0.293 e. The summed E-state index contributed by atoms with van der Waals surface area (Å²) in [4.78, 5) is 12.5. The zero-order valence-corrected chi connectivity index (χ0v) is 16.5. The van der Waals surface area contributed by atoms with Crippen molar-refractivity contribution in [1.29, 1.82) is 0 Å². The van der Waals surface area contributed by atoms with Gasteiger partial charge in [-0.3, -0.25) is 4.79 Å². The van der Waals surface area contributed by atoms with E-state index in [2.05, 4.69) is 35.8 Å². The number of aromatic nitrogens is 5. The molecular formula is C17H20N8O5. The SMILES string of the molecule is CCOc1ccc(/C=N/NC(=O)c2nnn(-c3nonc3N)c2COC)cc1OC. The van der Waals surface area contributed by atoms with Crippen molar-refractivity contribution < 1.29 is 23.6 Å². The van der Waals surface area contributed by atoms with Crippen LogP contribution in [0.2, 0.25) is 0 Å². The van der Waals surface area contributed by atoms with Crippen LogP contribution in [0.25, 0.3) is 5.82 Å². The highest BCUT2D eigenvalue weighted by Crippen LogP contribution is 2.27. The van der Waals surface area contributed by atoms with E-state index in [4.69, 9.17) is 19.9 Å². The average molecular weight is 416 g/mol. The number of hydrazone groups is 1. The summed E-state index contributed by atoms with van der Waals surface area (Å²) in [6.45, 7) is 2.41. The third kappa shape index (κ3) is 4.35. The number of benzene rings is 1. The van der Waals surface area contributed by atoms with Crippen molar-refractivity contribution in [1.82, 2.24) is 30.7 Å². The van der Waals surface area contributed by atoms with Crippen molar-refractivity contribution in [2.75, 3.05) is 26.6 Å². The number of anilines is 1. The van der Waals surface area contributed by atoms with Crippen LogP contribution in [0.5, 0.6) is 11.5 Å². The van der Waals surface area contributed by atoms with Crippen LogP contribution in [-0.2, 0) is 11.3 Å². The standard InChI is InChI=1S/C17H20N8O5/c1-4-29-12-6-5-10(7-13(12)28-3)8-19-21-17(26)14-11(9-27-2)25(24-20-14)16-15(18)22-30-23-16/h5-8H,4,9H2,1-3H3,(H2,18,22)(H,21,26)/b19-8+.